The molecular weight excluding hydrogens is 370 g/mol. The Balaban J connectivity index is 1.46. The van der Waals surface area contributed by atoms with Gasteiger partial charge in [-0.1, -0.05) is 72.8 Å². The number of amides is 1. The van der Waals surface area contributed by atoms with Crippen molar-refractivity contribution in [2.24, 2.45) is 0 Å². The van der Waals surface area contributed by atoms with Gasteiger partial charge in [-0.25, -0.2) is 0 Å². The van der Waals surface area contributed by atoms with E-state index >= 15 is 0 Å². The van der Waals surface area contributed by atoms with Gasteiger partial charge in [-0.05, 0) is 47.7 Å². The number of rotatable bonds is 4. The Morgan fingerprint density at radius 2 is 1.50 bits per heavy atom. The summed E-state index contributed by atoms with van der Waals surface area (Å²) in [5, 5.41) is 0. The molecule has 1 atom stereocenters. The maximum absolute atomic E-state index is 13.3. The number of nitrogens with zero attached hydrogens (tertiary/aromatic N) is 1. The summed E-state index contributed by atoms with van der Waals surface area (Å²) in [6.07, 6.45) is 3.78. The molecule has 2 aliphatic rings. The molecule has 0 bridgehead atoms. The van der Waals surface area contributed by atoms with Crippen LogP contribution in [0.5, 0.6) is 5.75 Å². The van der Waals surface area contributed by atoms with Gasteiger partial charge in [-0.15, -0.1) is 0 Å². The smallest absolute Gasteiger partial charge is 0.250 e. The van der Waals surface area contributed by atoms with E-state index in [1.807, 2.05) is 30.3 Å². The van der Waals surface area contributed by atoms with Crippen LogP contribution in [0.25, 0.3) is 6.08 Å². The van der Waals surface area contributed by atoms with Crippen LogP contribution < -0.4 is 4.74 Å². The van der Waals surface area contributed by atoms with Crippen LogP contribution in [-0.4, -0.2) is 30.5 Å². The molecule has 30 heavy (non-hydrogen) atoms. The van der Waals surface area contributed by atoms with Crippen molar-refractivity contribution in [3.63, 3.8) is 0 Å². The van der Waals surface area contributed by atoms with Crippen LogP contribution in [0, 0.1) is 0 Å². The molecule has 0 saturated carbocycles. The minimum Gasteiger partial charge on any atom is -0.497 e. The first-order chi connectivity index (χ1) is 14.7. The summed E-state index contributed by atoms with van der Waals surface area (Å²) in [6.45, 7) is 0.727. The standard InChI is InChI=1S/C27H25NO2/c1-30-25-14-12-20(13-15-25)16-21-17-24-18-27(19-28(24)26(21)29,22-8-4-2-5-9-22)23-10-6-3-7-11-23/h2-16,24H,17-19H2,1H3/b21-16+/t24-/m0/s1. The van der Waals surface area contributed by atoms with Crippen molar-refractivity contribution in [3.8, 4) is 5.75 Å². The first kappa shape index (κ1) is 18.7. The predicted molar refractivity (Wildman–Crippen MR) is 119 cm³/mol. The van der Waals surface area contributed by atoms with Crippen LogP contribution in [0.15, 0.2) is 90.5 Å². The summed E-state index contributed by atoms with van der Waals surface area (Å²) < 4.78 is 5.23. The van der Waals surface area contributed by atoms with Crippen LogP contribution in [0.2, 0.25) is 0 Å². The molecule has 150 valence electrons. The Hall–Kier alpha value is -3.33. The minimum atomic E-state index is -0.144. The second-order valence-electron chi connectivity index (χ2n) is 8.25. The largest absolute Gasteiger partial charge is 0.497 e. The molecule has 0 aromatic heterocycles. The summed E-state index contributed by atoms with van der Waals surface area (Å²) >= 11 is 0. The molecule has 0 unspecified atom stereocenters. The number of benzene rings is 3. The lowest BCUT2D eigenvalue weighted by molar-refractivity contribution is -0.125. The van der Waals surface area contributed by atoms with E-state index in [0.717, 1.165) is 36.3 Å². The van der Waals surface area contributed by atoms with Crippen LogP contribution >= 0.6 is 0 Å². The average Bonchev–Trinajstić information content (AvgIpc) is 3.32. The molecule has 3 aromatic carbocycles. The average molecular weight is 396 g/mol. The van der Waals surface area contributed by atoms with Crippen molar-refractivity contribution >= 4 is 12.0 Å². The second kappa shape index (κ2) is 7.49. The number of ether oxygens (including phenoxy) is 1. The van der Waals surface area contributed by atoms with Crippen molar-refractivity contribution in [2.45, 2.75) is 24.3 Å². The van der Waals surface area contributed by atoms with Gasteiger partial charge < -0.3 is 9.64 Å². The van der Waals surface area contributed by atoms with Crippen LogP contribution in [0.4, 0.5) is 0 Å². The van der Waals surface area contributed by atoms with Gasteiger partial charge in [-0.2, -0.15) is 0 Å². The highest BCUT2D eigenvalue weighted by molar-refractivity contribution is 6.00. The van der Waals surface area contributed by atoms with Gasteiger partial charge in [0.15, 0.2) is 0 Å². The predicted octanol–water partition coefficient (Wildman–Crippen LogP) is 5.07. The number of hydrogen-bond acceptors (Lipinski definition) is 2. The molecule has 0 N–H and O–H groups in total. The zero-order valence-corrected chi connectivity index (χ0v) is 17.1. The fraction of sp³-hybridized carbons (Fsp3) is 0.222. The molecule has 0 aliphatic carbocycles. The molecule has 0 radical (unpaired) electrons. The molecular formula is C27H25NO2. The maximum atomic E-state index is 13.3. The Morgan fingerprint density at radius 3 is 2.03 bits per heavy atom. The molecule has 3 heteroatoms. The second-order valence-corrected chi connectivity index (χ2v) is 8.25. The van der Waals surface area contributed by atoms with Crippen molar-refractivity contribution in [3.05, 3.63) is 107 Å². The summed E-state index contributed by atoms with van der Waals surface area (Å²) in [5.41, 5.74) is 4.38. The zero-order valence-electron chi connectivity index (χ0n) is 17.1. The topological polar surface area (TPSA) is 29.5 Å². The van der Waals surface area contributed by atoms with E-state index < -0.39 is 0 Å². The summed E-state index contributed by atoms with van der Waals surface area (Å²) in [5.74, 6) is 0.996. The lowest BCUT2D eigenvalue weighted by Crippen LogP contribution is -2.34. The van der Waals surface area contributed by atoms with E-state index in [9.17, 15) is 4.79 Å². The van der Waals surface area contributed by atoms with E-state index in [4.69, 9.17) is 4.74 Å². The zero-order chi connectivity index (χ0) is 20.6. The lowest BCUT2D eigenvalue weighted by atomic mass is 9.72. The molecule has 3 aromatic rings. The van der Waals surface area contributed by atoms with Crippen LogP contribution in [0.1, 0.15) is 29.5 Å². The van der Waals surface area contributed by atoms with Crippen molar-refractivity contribution < 1.29 is 9.53 Å². The van der Waals surface area contributed by atoms with E-state index in [0.29, 0.717) is 0 Å². The molecule has 2 heterocycles. The molecule has 1 amide bonds. The van der Waals surface area contributed by atoms with Crippen molar-refractivity contribution in [1.82, 2.24) is 4.90 Å². The first-order valence-electron chi connectivity index (χ1n) is 10.5. The van der Waals surface area contributed by atoms with E-state index in [2.05, 4.69) is 65.6 Å². The third-order valence-electron chi connectivity index (χ3n) is 6.57. The molecule has 2 saturated heterocycles. The van der Waals surface area contributed by atoms with E-state index in [1.54, 1.807) is 7.11 Å². The molecule has 2 aliphatic heterocycles. The number of hydrogen-bond donors (Lipinski definition) is 0. The SMILES string of the molecule is COc1ccc(/C=C2\C[C@H]3CC(c4ccccc4)(c4ccccc4)CN3C2=O)cc1. The number of fused-ring (bicyclic) bond motifs is 1. The Bertz CT molecular complexity index is 1030. The lowest BCUT2D eigenvalue weighted by Gasteiger charge is -2.31. The number of carbonyl (C=O) groups is 1. The maximum Gasteiger partial charge on any atom is 0.250 e. The highest BCUT2D eigenvalue weighted by atomic mass is 16.5. The van der Waals surface area contributed by atoms with Gasteiger partial charge in [0.05, 0.1) is 7.11 Å². The third-order valence-corrected chi connectivity index (χ3v) is 6.57. The number of methoxy groups -OCH3 is 1. The minimum absolute atomic E-state index is 0.144. The fourth-order valence-corrected chi connectivity index (χ4v) is 5.06. The molecule has 0 spiro atoms. The molecule has 2 fully saturated rings. The summed E-state index contributed by atoms with van der Waals surface area (Å²) in [4.78, 5) is 15.4. The monoisotopic (exact) mass is 395 g/mol. The highest BCUT2D eigenvalue weighted by Gasteiger charge is 2.51. The molecule has 5 rings (SSSR count). The first-order valence-corrected chi connectivity index (χ1v) is 10.5. The Kier molecular flexibility index (Phi) is 4.66. The van der Waals surface area contributed by atoms with E-state index in [-0.39, 0.29) is 17.4 Å². The van der Waals surface area contributed by atoms with Gasteiger partial charge in [0.25, 0.3) is 0 Å². The normalized spacial score (nSPS) is 21.1. The summed E-state index contributed by atoms with van der Waals surface area (Å²) in [6, 6.07) is 29.4. The van der Waals surface area contributed by atoms with Crippen molar-refractivity contribution in [2.75, 3.05) is 13.7 Å². The van der Waals surface area contributed by atoms with Crippen LogP contribution in [0.3, 0.4) is 0 Å². The fourth-order valence-electron chi connectivity index (χ4n) is 5.06. The molecule has 3 nitrogen and oxygen atoms in total. The number of carbonyl (C=O) groups excluding carboxylic acids is 1. The summed E-state index contributed by atoms with van der Waals surface area (Å²) in [7, 11) is 1.66. The highest BCUT2D eigenvalue weighted by Crippen LogP contribution is 2.48. The van der Waals surface area contributed by atoms with Gasteiger partial charge in [0.2, 0.25) is 5.91 Å². The quantitative estimate of drug-likeness (QED) is 0.577. The van der Waals surface area contributed by atoms with E-state index in [1.165, 1.54) is 11.1 Å². The van der Waals surface area contributed by atoms with Gasteiger partial charge in [0.1, 0.15) is 5.75 Å². The van der Waals surface area contributed by atoms with Gasteiger partial charge >= 0.3 is 0 Å². The van der Waals surface area contributed by atoms with Crippen LogP contribution in [-0.2, 0) is 10.2 Å². The third kappa shape index (κ3) is 3.11. The Morgan fingerprint density at radius 1 is 0.900 bits per heavy atom. The van der Waals surface area contributed by atoms with Gasteiger partial charge in [0, 0.05) is 23.6 Å². The van der Waals surface area contributed by atoms with Crippen molar-refractivity contribution in [1.29, 1.82) is 0 Å². The van der Waals surface area contributed by atoms with Gasteiger partial charge in [-0.3, -0.25) is 4.79 Å². The Labute approximate surface area is 177 Å².